The van der Waals surface area contributed by atoms with E-state index in [0.29, 0.717) is 18.8 Å². The number of nitrogens with zero attached hydrogens (tertiary/aromatic N) is 2. The summed E-state index contributed by atoms with van der Waals surface area (Å²) in [6.07, 6.45) is -2.88. The van der Waals surface area contributed by atoms with E-state index in [4.69, 9.17) is 5.11 Å². The second kappa shape index (κ2) is 5.56. The Morgan fingerprint density at radius 1 is 1.45 bits per heavy atom. The van der Waals surface area contributed by atoms with Crippen molar-refractivity contribution in [2.45, 2.75) is 25.1 Å². The molecular formula is C12H14F3N3O2. The molecule has 8 heteroatoms. The summed E-state index contributed by atoms with van der Waals surface area (Å²) < 4.78 is 37.2. The molecule has 2 N–H and O–H groups in total. The number of carboxylic acid groups (broad SMARTS) is 1. The van der Waals surface area contributed by atoms with E-state index < -0.39 is 18.0 Å². The van der Waals surface area contributed by atoms with Gasteiger partial charge in [0.25, 0.3) is 0 Å². The third-order valence-electron chi connectivity index (χ3n) is 3.15. The monoisotopic (exact) mass is 289 g/mol. The number of halogens is 3. The summed E-state index contributed by atoms with van der Waals surface area (Å²) in [5, 5.41) is 11.1. The zero-order valence-corrected chi connectivity index (χ0v) is 10.5. The second-order valence-electron chi connectivity index (χ2n) is 4.63. The summed E-state index contributed by atoms with van der Waals surface area (Å²) in [5.41, 5.74) is -0.367. The summed E-state index contributed by atoms with van der Waals surface area (Å²) in [7, 11) is 0. The first-order chi connectivity index (χ1) is 9.36. The van der Waals surface area contributed by atoms with E-state index in [1.54, 1.807) is 0 Å². The van der Waals surface area contributed by atoms with Crippen LogP contribution in [-0.4, -0.2) is 35.3 Å². The van der Waals surface area contributed by atoms with Crippen molar-refractivity contribution in [2.24, 2.45) is 0 Å². The molecule has 0 aromatic carbocycles. The molecular weight excluding hydrogens is 275 g/mol. The smallest absolute Gasteiger partial charge is 0.433 e. The Bertz CT molecular complexity index is 476. The quantitative estimate of drug-likeness (QED) is 0.877. The molecule has 1 aromatic heterocycles. The lowest BCUT2D eigenvalue weighted by Crippen LogP contribution is -2.47. The van der Waals surface area contributed by atoms with Crippen molar-refractivity contribution >= 4 is 11.8 Å². The highest BCUT2D eigenvalue weighted by Crippen LogP contribution is 2.29. The van der Waals surface area contributed by atoms with Crippen molar-refractivity contribution < 1.29 is 23.1 Å². The fourth-order valence-electron chi connectivity index (χ4n) is 2.24. The van der Waals surface area contributed by atoms with Crippen molar-refractivity contribution in [1.29, 1.82) is 0 Å². The van der Waals surface area contributed by atoms with Crippen LogP contribution in [0.15, 0.2) is 18.3 Å². The number of carbonyl (C=O) groups is 1. The summed E-state index contributed by atoms with van der Waals surface area (Å²) >= 11 is 0. The van der Waals surface area contributed by atoms with Gasteiger partial charge in [0, 0.05) is 19.1 Å². The van der Waals surface area contributed by atoms with E-state index in [0.717, 1.165) is 18.9 Å². The molecule has 0 radical (unpaired) electrons. The largest absolute Gasteiger partial charge is 0.465 e. The van der Waals surface area contributed by atoms with Crippen molar-refractivity contribution in [3.05, 3.63) is 24.0 Å². The maximum atomic E-state index is 12.4. The summed E-state index contributed by atoms with van der Waals surface area (Å²) in [6, 6.07) is 2.08. The van der Waals surface area contributed by atoms with Gasteiger partial charge in [-0.15, -0.1) is 0 Å². The molecule has 0 spiro atoms. The van der Waals surface area contributed by atoms with Gasteiger partial charge in [-0.25, -0.2) is 9.78 Å². The number of rotatable bonds is 2. The van der Waals surface area contributed by atoms with Gasteiger partial charge in [0.05, 0.1) is 11.9 Å². The first-order valence-corrected chi connectivity index (χ1v) is 6.14. The molecule has 20 heavy (non-hydrogen) atoms. The first-order valence-electron chi connectivity index (χ1n) is 6.14. The molecule has 2 rings (SSSR count). The second-order valence-corrected chi connectivity index (χ2v) is 4.63. The Kier molecular flexibility index (Phi) is 4.01. The van der Waals surface area contributed by atoms with Gasteiger partial charge in [0.2, 0.25) is 0 Å². The van der Waals surface area contributed by atoms with Crippen LogP contribution in [0.1, 0.15) is 18.5 Å². The number of hydrogen-bond acceptors (Lipinski definition) is 3. The molecule has 0 aliphatic carbocycles. The number of hydrogen-bond donors (Lipinski definition) is 2. The van der Waals surface area contributed by atoms with Crippen LogP contribution >= 0.6 is 0 Å². The van der Waals surface area contributed by atoms with Crippen molar-refractivity contribution in [3.63, 3.8) is 0 Å². The van der Waals surface area contributed by atoms with Crippen LogP contribution in [0.3, 0.4) is 0 Å². The molecule has 1 aliphatic rings. The highest BCUT2D eigenvalue weighted by Gasteiger charge is 2.32. The van der Waals surface area contributed by atoms with E-state index in [-0.39, 0.29) is 6.04 Å². The van der Waals surface area contributed by atoms with Crippen molar-refractivity contribution in [3.8, 4) is 0 Å². The molecule has 1 atom stereocenters. The van der Waals surface area contributed by atoms with Gasteiger partial charge in [0.1, 0.15) is 5.69 Å². The van der Waals surface area contributed by atoms with Crippen LogP contribution in [0.2, 0.25) is 0 Å². The van der Waals surface area contributed by atoms with E-state index in [1.165, 1.54) is 12.3 Å². The lowest BCUT2D eigenvalue weighted by Gasteiger charge is -2.34. The van der Waals surface area contributed by atoms with Gasteiger partial charge < -0.3 is 15.3 Å². The van der Waals surface area contributed by atoms with E-state index in [1.807, 2.05) is 4.90 Å². The molecule has 1 aromatic rings. The predicted octanol–water partition coefficient (Wildman–Crippen LogP) is 2.34. The third-order valence-corrected chi connectivity index (χ3v) is 3.15. The van der Waals surface area contributed by atoms with Crippen LogP contribution in [0, 0.1) is 0 Å². The molecule has 5 nitrogen and oxygen atoms in total. The molecule has 1 saturated heterocycles. The molecule has 0 saturated carbocycles. The number of pyridine rings is 1. The highest BCUT2D eigenvalue weighted by molar-refractivity contribution is 5.65. The van der Waals surface area contributed by atoms with E-state index in [2.05, 4.69) is 10.3 Å². The summed E-state index contributed by atoms with van der Waals surface area (Å²) in [6.45, 7) is 1.10. The topological polar surface area (TPSA) is 65.5 Å². The van der Waals surface area contributed by atoms with Gasteiger partial charge in [0.15, 0.2) is 0 Å². The predicted molar refractivity (Wildman–Crippen MR) is 65.6 cm³/mol. The molecule has 110 valence electrons. The van der Waals surface area contributed by atoms with Crippen LogP contribution in [0.5, 0.6) is 0 Å². The fourth-order valence-corrected chi connectivity index (χ4v) is 2.24. The van der Waals surface area contributed by atoms with Crippen LogP contribution in [0.4, 0.5) is 23.7 Å². The number of anilines is 1. The Hall–Kier alpha value is -1.99. The zero-order chi connectivity index (χ0) is 14.8. The number of nitrogens with one attached hydrogen (secondary N) is 1. The number of aromatic nitrogens is 1. The molecule has 0 bridgehead atoms. The van der Waals surface area contributed by atoms with Gasteiger partial charge in [-0.05, 0) is 25.0 Å². The Morgan fingerprint density at radius 3 is 2.75 bits per heavy atom. The van der Waals surface area contributed by atoms with Crippen molar-refractivity contribution in [2.75, 3.05) is 18.0 Å². The minimum absolute atomic E-state index is 0.219. The van der Waals surface area contributed by atoms with Crippen LogP contribution < -0.4 is 10.2 Å². The normalized spacial score (nSPS) is 19.8. The Morgan fingerprint density at radius 2 is 2.20 bits per heavy atom. The maximum Gasteiger partial charge on any atom is 0.433 e. The fraction of sp³-hybridized carbons (Fsp3) is 0.500. The minimum atomic E-state index is -4.45. The zero-order valence-electron chi connectivity index (χ0n) is 10.5. The molecule has 1 aliphatic heterocycles. The van der Waals surface area contributed by atoms with Crippen molar-refractivity contribution in [1.82, 2.24) is 10.3 Å². The van der Waals surface area contributed by atoms with E-state index in [9.17, 15) is 18.0 Å². The molecule has 1 fully saturated rings. The molecule has 1 amide bonds. The lowest BCUT2D eigenvalue weighted by molar-refractivity contribution is -0.141. The minimum Gasteiger partial charge on any atom is -0.465 e. The molecule has 0 unspecified atom stereocenters. The standard InChI is InChI=1S/C12H14F3N3O2/c13-12(14,15)10-4-3-9(6-16-10)18-5-1-2-8(7-18)17-11(19)20/h3-4,6,8,17H,1-2,5,7H2,(H,19,20)/t8-/m1/s1. The average Bonchev–Trinajstić information content (AvgIpc) is 2.37. The number of piperidine rings is 1. The molecule has 2 heterocycles. The summed E-state index contributed by atoms with van der Waals surface area (Å²) in [4.78, 5) is 15.8. The van der Waals surface area contributed by atoms with Gasteiger partial charge in [-0.3, -0.25) is 0 Å². The van der Waals surface area contributed by atoms with E-state index >= 15 is 0 Å². The van der Waals surface area contributed by atoms with Gasteiger partial charge in [-0.2, -0.15) is 13.2 Å². The van der Waals surface area contributed by atoms with Gasteiger partial charge >= 0.3 is 12.3 Å². The van der Waals surface area contributed by atoms with Crippen LogP contribution in [-0.2, 0) is 6.18 Å². The average molecular weight is 289 g/mol. The lowest BCUT2D eigenvalue weighted by atomic mass is 10.1. The SMILES string of the molecule is O=C(O)N[C@@H]1CCCN(c2ccc(C(F)(F)F)nc2)C1. The number of amides is 1. The van der Waals surface area contributed by atoms with Crippen LogP contribution in [0.25, 0.3) is 0 Å². The highest BCUT2D eigenvalue weighted by atomic mass is 19.4. The number of alkyl halides is 3. The third kappa shape index (κ3) is 3.52. The maximum absolute atomic E-state index is 12.4. The summed E-state index contributed by atoms with van der Waals surface area (Å²) in [5.74, 6) is 0. The Balaban J connectivity index is 2.05. The Labute approximate surface area is 113 Å². The first kappa shape index (κ1) is 14.4. The van der Waals surface area contributed by atoms with Gasteiger partial charge in [-0.1, -0.05) is 0 Å².